The number of fused-ring (bicyclic) bond motifs is 1. The average molecular weight is 448 g/mol. The Balaban J connectivity index is 1.54. The molecule has 168 valence electrons. The van der Waals surface area contributed by atoms with Gasteiger partial charge in [0.2, 0.25) is 0 Å². The Morgan fingerprint density at radius 3 is 2.61 bits per heavy atom. The quantitative estimate of drug-likeness (QED) is 0.482. The van der Waals surface area contributed by atoms with Crippen LogP contribution in [0.15, 0.2) is 42.5 Å². The second-order valence-corrected chi connectivity index (χ2v) is 8.37. The van der Waals surface area contributed by atoms with Gasteiger partial charge in [0.1, 0.15) is 17.3 Å². The minimum Gasteiger partial charge on any atom is -0.396 e. The summed E-state index contributed by atoms with van der Waals surface area (Å²) in [5.74, 6) is -0.279. The van der Waals surface area contributed by atoms with Gasteiger partial charge in [-0.25, -0.2) is 18.7 Å². The van der Waals surface area contributed by atoms with E-state index in [4.69, 9.17) is 10.1 Å². The average Bonchev–Trinajstić information content (AvgIpc) is 3.28. The van der Waals surface area contributed by atoms with E-state index in [0.717, 1.165) is 36.2 Å². The summed E-state index contributed by atoms with van der Waals surface area (Å²) in [6.45, 7) is 2.03. The molecule has 0 fully saturated rings. The molecule has 0 radical (unpaired) electrons. The Morgan fingerprint density at radius 1 is 1.03 bits per heavy atom. The third-order valence-electron chi connectivity index (χ3n) is 6.16. The molecule has 0 aliphatic heterocycles. The number of nitrogens with one attached hydrogen (secondary N) is 1. The van der Waals surface area contributed by atoms with Crippen LogP contribution < -0.4 is 0 Å². The third-order valence-corrected chi connectivity index (χ3v) is 6.16. The third kappa shape index (κ3) is 3.78. The van der Waals surface area contributed by atoms with Crippen molar-refractivity contribution >= 4 is 0 Å². The molecule has 5 rings (SSSR count). The number of aliphatic hydroxyl groups is 1. The Hall–Kier alpha value is -3.59. The molecule has 2 N–H and O–H groups in total. The van der Waals surface area contributed by atoms with Crippen LogP contribution in [0.5, 0.6) is 0 Å². The molecule has 9 heteroatoms. The van der Waals surface area contributed by atoms with Crippen molar-refractivity contribution in [1.82, 2.24) is 30.4 Å². The van der Waals surface area contributed by atoms with Gasteiger partial charge >= 0.3 is 0 Å². The van der Waals surface area contributed by atoms with Crippen LogP contribution in [0.25, 0.3) is 22.8 Å². The smallest absolute Gasteiger partial charge is 0.174 e. The predicted octanol–water partition coefficient (Wildman–Crippen LogP) is 3.78. The second-order valence-electron chi connectivity index (χ2n) is 8.37. The molecule has 4 aromatic rings. The Kier molecular flexibility index (Phi) is 5.41. The standard InChI is InChI=1S/C24H22F2N6O/c1-24(19-9-3-8-17(27-19)23-28-20(10-12-33)30-32-23)11-4-5-14-13-18(29-31-22(14)24)21-15(25)6-2-7-16(21)26/h2-3,6-9,13,33H,4-5,10-12H2,1H3,(H,28,30,32)/t24-/m1/s1. The Bertz CT molecular complexity index is 1300. The molecule has 0 unspecified atom stereocenters. The number of aryl methyl sites for hydroxylation is 1. The van der Waals surface area contributed by atoms with E-state index in [-0.39, 0.29) is 17.9 Å². The number of H-pyrrole nitrogens is 1. The predicted molar refractivity (Wildman–Crippen MR) is 117 cm³/mol. The van der Waals surface area contributed by atoms with Crippen LogP contribution in [0.3, 0.4) is 0 Å². The van der Waals surface area contributed by atoms with Gasteiger partial charge in [-0.2, -0.15) is 10.2 Å². The maximum atomic E-state index is 14.3. The molecule has 0 amide bonds. The number of aliphatic hydroxyl groups excluding tert-OH is 1. The van der Waals surface area contributed by atoms with Crippen molar-refractivity contribution < 1.29 is 13.9 Å². The fourth-order valence-corrected chi connectivity index (χ4v) is 4.45. The Labute approximate surface area is 189 Å². The first-order valence-electron chi connectivity index (χ1n) is 10.8. The fourth-order valence-electron chi connectivity index (χ4n) is 4.45. The van der Waals surface area contributed by atoms with Crippen LogP contribution in [0.2, 0.25) is 0 Å². The highest BCUT2D eigenvalue weighted by Gasteiger charge is 2.37. The van der Waals surface area contributed by atoms with Gasteiger partial charge in [0.05, 0.1) is 34.7 Å². The molecular weight excluding hydrogens is 426 g/mol. The van der Waals surface area contributed by atoms with E-state index in [2.05, 4.69) is 32.3 Å². The maximum absolute atomic E-state index is 14.3. The zero-order valence-electron chi connectivity index (χ0n) is 18.0. The van der Waals surface area contributed by atoms with E-state index >= 15 is 0 Å². The molecule has 1 atom stereocenters. The number of nitrogens with zero attached hydrogens (tertiary/aromatic N) is 5. The first kappa shape index (κ1) is 21.3. The minimum absolute atomic E-state index is 0.0307. The highest BCUT2D eigenvalue weighted by Crippen LogP contribution is 2.41. The lowest BCUT2D eigenvalue weighted by atomic mass is 9.72. The highest BCUT2D eigenvalue weighted by molar-refractivity contribution is 5.62. The number of hydrogen-bond donors (Lipinski definition) is 2. The molecule has 33 heavy (non-hydrogen) atoms. The largest absolute Gasteiger partial charge is 0.396 e. The minimum atomic E-state index is -0.662. The number of pyridine rings is 1. The summed E-state index contributed by atoms with van der Waals surface area (Å²) in [4.78, 5) is 9.23. The van der Waals surface area contributed by atoms with Crippen molar-refractivity contribution in [3.8, 4) is 22.8 Å². The first-order chi connectivity index (χ1) is 16.0. The van der Waals surface area contributed by atoms with Crippen molar-refractivity contribution in [3.05, 3.63) is 76.9 Å². The van der Waals surface area contributed by atoms with Gasteiger partial charge in [-0.1, -0.05) is 12.1 Å². The summed E-state index contributed by atoms with van der Waals surface area (Å²) in [5.41, 5.74) is 2.62. The van der Waals surface area contributed by atoms with Crippen molar-refractivity contribution in [2.24, 2.45) is 0 Å². The molecule has 1 aliphatic rings. The number of hydrogen-bond acceptors (Lipinski definition) is 6. The second kappa shape index (κ2) is 8.40. The zero-order valence-corrected chi connectivity index (χ0v) is 18.0. The molecule has 1 aromatic carbocycles. The molecule has 7 nitrogen and oxygen atoms in total. The van der Waals surface area contributed by atoms with Gasteiger partial charge in [0.25, 0.3) is 0 Å². The van der Waals surface area contributed by atoms with E-state index in [1.165, 1.54) is 18.2 Å². The van der Waals surface area contributed by atoms with Gasteiger partial charge < -0.3 is 5.11 Å². The number of halogens is 2. The normalized spacial score (nSPS) is 17.7. The van der Waals surface area contributed by atoms with Gasteiger partial charge in [0.15, 0.2) is 11.6 Å². The topological polar surface area (TPSA) is 100 Å². The lowest BCUT2D eigenvalue weighted by Gasteiger charge is -2.34. The zero-order chi connectivity index (χ0) is 23.0. The number of rotatable bonds is 5. The first-order valence-corrected chi connectivity index (χ1v) is 10.8. The summed E-state index contributed by atoms with van der Waals surface area (Å²) < 4.78 is 28.6. The van der Waals surface area contributed by atoms with Crippen LogP contribution >= 0.6 is 0 Å². The summed E-state index contributed by atoms with van der Waals surface area (Å²) in [6.07, 6.45) is 2.80. The summed E-state index contributed by atoms with van der Waals surface area (Å²) in [6, 6.07) is 11.2. The fraction of sp³-hybridized carbons (Fsp3) is 0.292. The van der Waals surface area contributed by atoms with Gasteiger partial charge in [-0.3, -0.25) is 5.10 Å². The molecule has 0 saturated carbocycles. The van der Waals surface area contributed by atoms with Gasteiger partial charge in [0, 0.05) is 6.42 Å². The van der Waals surface area contributed by atoms with E-state index < -0.39 is 17.0 Å². The lowest BCUT2D eigenvalue weighted by Crippen LogP contribution is -2.32. The van der Waals surface area contributed by atoms with Gasteiger partial charge in [-0.15, -0.1) is 5.10 Å². The lowest BCUT2D eigenvalue weighted by molar-refractivity contribution is 0.297. The monoisotopic (exact) mass is 448 g/mol. The molecule has 1 aliphatic carbocycles. The number of aromatic nitrogens is 6. The number of aromatic amines is 1. The highest BCUT2D eigenvalue weighted by atomic mass is 19.1. The van der Waals surface area contributed by atoms with Crippen molar-refractivity contribution in [3.63, 3.8) is 0 Å². The van der Waals surface area contributed by atoms with Crippen molar-refractivity contribution in [2.45, 2.75) is 38.0 Å². The van der Waals surface area contributed by atoms with Crippen molar-refractivity contribution in [2.75, 3.05) is 6.61 Å². The van der Waals surface area contributed by atoms with E-state index in [1.807, 2.05) is 18.2 Å². The molecule has 3 aromatic heterocycles. The van der Waals surface area contributed by atoms with Crippen LogP contribution in [-0.4, -0.2) is 42.1 Å². The molecular formula is C24H22F2N6O. The van der Waals surface area contributed by atoms with E-state index in [1.54, 1.807) is 6.07 Å². The molecule has 0 bridgehead atoms. The van der Waals surface area contributed by atoms with Crippen LogP contribution in [-0.2, 0) is 18.3 Å². The SMILES string of the molecule is C[C@]1(c2cccc(-c3nc(CCO)n[nH]3)n2)CCCc2cc(-c3c(F)cccc3F)nnc21. The van der Waals surface area contributed by atoms with E-state index in [9.17, 15) is 8.78 Å². The molecule has 3 heterocycles. The summed E-state index contributed by atoms with van der Waals surface area (Å²) in [5, 5.41) is 24.7. The van der Waals surface area contributed by atoms with Crippen LogP contribution in [0, 0.1) is 11.6 Å². The van der Waals surface area contributed by atoms with Crippen molar-refractivity contribution in [1.29, 1.82) is 0 Å². The van der Waals surface area contributed by atoms with Crippen LogP contribution in [0.1, 0.15) is 42.5 Å². The summed E-state index contributed by atoms with van der Waals surface area (Å²) in [7, 11) is 0. The Morgan fingerprint density at radius 2 is 1.82 bits per heavy atom. The van der Waals surface area contributed by atoms with E-state index in [0.29, 0.717) is 23.8 Å². The molecule has 0 spiro atoms. The summed E-state index contributed by atoms with van der Waals surface area (Å²) >= 11 is 0. The van der Waals surface area contributed by atoms with Gasteiger partial charge in [-0.05, 0) is 62.1 Å². The number of benzene rings is 1. The molecule has 0 saturated heterocycles. The maximum Gasteiger partial charge on any atom is 0.174 e. The van der Waals surface area contributed by atoms with Crippen LogP contribution in [0.4, 0.5) is 8.78 Å².